The number of amides is 1. The highest BCUT2D eigenvalue weighted by atomic mass is 16.5. The molecule has 1 amide bonds. The smallest absolute Gasteiger partial charge is 0.232 e. The summed E-state index contributed by atoms with van der Waals surface area (Å²) in [6.45, 7) is 5.01. The normalized spacial score (nSPS) is 23.9. The topological polar surface area (TPSA) is 50.8 Å². The predicted octanol–water partition coefficient (Wildman–Crippen LogP) is 4.40. The molecule has 35 heavy (non-hydrogen) atoms. The van der Waals surface area contributed by atoms with Crippen LogP contribution in [-0.4, -0.2) is 43.6 Å². The molecule has 1 aliphatic carbocycles. The van der Waals surface area contributed by atoms with E-state index < -0.39 is 0 Å². The number of ether oxygens (including phenoxy) is 2. The maximum absolute atomic E-state index is 13.4. The second-order valence-corrected chi connectivity index (χ2v) is 10.4. The number of likely N-dealkylation sites (tertiary alicyclic amines) is 1. The minimum absolute atomic E-state index is 0.0793. The van der Waals surface area contributed by atoms with Crippen molar-refractivity contribution in [3.63, 3.8) is 0 Å². The molecule has 3 atom stereocenters. The number of fused-ring (bicyclic) bond motifs is 4. The van der Waals surface area contributed by atoms with Gasteiger partial charge in [-0.05, 0) is 53.5 Å². The number of benzene rings is 3. The Morgan fingerprint density at radius 3 is 2.37 bits per heavy atom. The quantitative estimate of drug-likeness (QED) is 0.585. The molecular weight excluding hydrogens is 436 g/mol. The van der Waals surface area contributed by atoms with E-state index in [-0.39, 0.29) is 11.8 Å². The van der Waals surface area contributed by atoms with Crippen LogP contribution in [0, 0.1) is 17.8 Å². The van der Waals surface area contributed by atoms with E-state index in [4.69, 9.17) is 9.47 Å². The minimum atomic E-state index is -0.316. The minimum Gasteiger partial charge on any atom is -0.493 e. The summed E-state index contributed by atoms with van der Waals surface area (Å²) in [7, 11) is 0. The van der Waals surface area contributed by atoms with Crippen molar-refractivity contribution in [1.82, 2.24) is 10.2 Å². The molecule has 1 unspecified atom stereocenters. The Labute approximate surface area is 206 Å². The van der Waals surface area contributed by atoms with Crippen LogP contribution in [0.5, 0.6) is 17.2 Å². The molecule has 178 valence electrons. The van der Waals surface area contributed by atoms with Crippen molar-refractivity contribution in [2.24, 2.45) is 17.8 Å². The number of hydrogen-bond donors (Lipinski definition) is 1. The first-order chi connectivity index (χ1) is 17.2. The number of para-hydroxylation sites is 2. The Kier molecular flexibility index (Phi) is 5.05. The SMILES string of the molecule is O=C(NCC1[C@H]2CN(CCc3ccc4c(c3)CCO4)C[C@@H]12)C1c2ccccc2Oc2ccccc21. The van der Waals surface area contributed by atoms with Gasteiger partial charge in [0, 0.05) is 43.7 Å². The molecule has 3 aromatic carbocycles. The molecule has 3 heterocycles. The van der Waals surface area contributed by atoms with Gasteiger partial charge >= 0.3 is 0 Å². The first kappa shape index (κ1) is 21.0. The zero-order valence-electron chi connectivity index (χ0n) is 19.8. The monoisotopic (exact) mass is 466 g/mol. The third-order valence-electron chi connectivity index (χ3n) is 8.37. The van der Waals surface area contributed by atoms with Gasteiger partial charge in [-0.15, -0.1) is 0 Å². The third kappa shape index (κ3) is 3.79. The molecule has 1 saturated carbocycles. The maximum atomic E-state index is 13.4. The standard InChI is InChI=1S/C30H30N2O3/c33-30(29-21-5-1-3-7-27(21)35-28-8-4-2-6-22(28)29)31-16-23-24-17-32(18-25(23)24)13-11-19-9-10-26-20(15-19)12-14-34-26/h1-10,15,23-25,29H,11-14,16-18H2,(H,31,33)/t23?,24-,25+. The van der Waals surface area contributed by atoms with Crippen LogP contribution in [0.1, 0.15) is 28.2 Å². The van der Waals surface area contributed by atoms with Gasteiger partial charge in [0.05, 0.1) is 12.5 Å². The average molecular weight is 467 g/mol. The molecule has 4 aliphatic rings. The van der Waals surface area contributed by atoms with Crippen molar-refractivity contribution in [2.75, 3.05) is 32.8 Å². The fourth-order valence-corrected chi connectivity index (χ4v) is 6.42. The van der Waals surface area contributed by atoms with Crippen LogP contribution in [0.15, 0.2) is 66.7 Å². The maximum Gasteiger partial charge on any atom is 0.232 e. The van der Waals surface area contributed by atoms with Crippen molar-refractivity contribution in [3.8, 4) is 17.2 Å². The summed E-state index contributed by atoms with van der Waals surface area (Å²) >= 11 is 0. The summed E-state index contributed by atoms with van der Waals surface area (Å²) < 4.78 is 11.7. The second-order valence-electron chi connectivity index (χ2n) is 10.4. The van der Waals surface area contributed by atoms with Crippen molar-refractivity contribution in [3.05, 3.63) is 89.0 Å². The summed E-state index contributed by atoms with van der Waals surface area (Å²) in [6, 6.07) is 22.4. The fourth-order valence-electron chi connectivity index (χ4n) is 6.42. The number of nitrogens with one attached hydrogen (secondary N) is 1. The fraction of sp³-hybridized carbons (Fsp3) is 0.367. The molecule has 7 rings (SSSR count). The summed E-state index contributed by atoms with van der Waals surface area (Å²) in [6.07, 6.45) is 2.13. The van der Waals surface area contributed by atoms with Crippen LogP contribution in [0.25, 0.3) is 0 Å². The molecule has 3 aromatic rings. The van der Waals surface area contributed by atoms with Crippen molar-refractivity contribution in [1.29, 1.82) is 0 Å². The van der Waals surface area contributed by atoms with Gasteiger partial charge in [0.2, 0.25) is 5.91 Å². The second kappa shape index (κ2) is 8.42. The number of carbonyl (C=O) groups is 1. The summed E-state index contributed by atoms with van der Waals surface area (Å²) in [5.74, 6) is 4.43. The predicted molar refractivity (Wildman–Crippen MR) is 134 cm³/mol. The highest BCUT2D eigenvalue weighted by Gasteiger charge is 2.55. The van der Waals surface area contributed by atoms with E-state index >= 15 is 0 Å². The molecule has 5 nitrogen and oxygen atoms in total. The highest BCUT2D eigenvalue weighted by molar-refractivity contribution is 5.89. The molecular formula is C30H30N2O3. The molecule has 0 spiro atoms. The Morgan fingerprint density at radius 1 is 0.914 bits per heavy atom. The largest absolute Gasteiger partial charge is 0.493 e. The van der Waals surface area contributed by atoms with Gasteiger partial charge < -0.3 is 19.7 Å². The summed E-state index contributed by atoms with van der Waals surface area (Å²) in [5, 5.41) is 3.30. The van der Waals surface area contributed by atoms with Crippen LogP contribution in [-0.2, 0) is 17.6 Å². The molecule has 2 fully saturated rings. The molecule has 3 aliphatic heterocycles. The summed E-state index contributed by atoms with van der Waals surface area (Å²) in [4.78, 5) is 16.0. The zero-order chi connectivity index (χ0) is 23.4. The molecule has 0 radical (unpaired) electrons. The van der Waals surface area contributed by atoms with Gasteiger partial charge in [0.15, 0.2) is 0 Å². The number of carbonyl (C=O) groups excluding carboxylic acids is 1. The lowest BCUT2D eigenvalue weighted by atomic mass is 9.87. The Hall–Kier alpha value is -3.31. The number of nitrogens with zero attached hydrogens (tertiary/aromatic N) is 1. The van der Waals surface area contributed by atoms with Crippen LogP contribution < -0.4 is 14.8 Å². The first-order valence-corrected chi connectivity index (χ1v) is 12.8. The third-order valence-corrected chi connectivity index (χ3v) is 8.37. The number of piperidine rings is 1. The Bertz CT molecular complexity index is 1230. The molecule has 1 N–H and O–H groups in total. The molecule has 5 heteroatoms. The lowest BCUT2D eigenvalue weighted by Gasteiger charge is -2.27. The summed E-state index contributed by atoms with van der Waals surface area (Å²) in [5.41, 5.74) is 4.67. The van der Waals surface area contributed by atoms with Gasteiger partial charge in [-0.2, -0.15) is 0 Å². The average Bonchev–Trinajstić information content (AvgIpc) is 3.21. The van der Waals surface area contributed by atoms with E-state index in [0.717, 1.165) is 85.8 Å². The van der Waals surface area contributed by atoms with Crippen molar-refractivity contribution < 1.29 is 14.3 Å². The van der Waals surface area contributed by atoms with E-state index in [0.29, 0.717) is 5.92 Å². The molecule has 0 aromatic heterocycles. The van der Waals surface area contributed by atoms with E-state index in [1.165, 1.54) is 11.1 Å². The van der Waals surface area contributed by atoms with E-state index in [1.54, 1.807) is 0 Å². The van der Waals surface area contributed by atoms with Crippen molar-refractivity contribution in [2.45, 2.75) is 18.8 Å². The molecule has 1 saturated heterocycles. The first-order valence-electron chi connectivity index (χ1n) is 12.8. The van der Waals surface area contributed by atoms with Gasteiger partial charge in [-0.3, -0.25) is 4.79 Å². The van der Waals surface area contributed by atoms with Gasteiger partial charge in [-0.1, -0.05) is 48.5 Å². The number of hydrogen-bond acceptors (Lipinski definition) is 4. The zero-order valence-corrected chi connectivity index (χ0v) is 19.8. The lowest BCUT2D eigenvalue weighted by molar-refractivity contribution is -0.121. The van der Waals surface area contributed by atoms with Gasteiger partial charge in [0.1, 0.15) is 17.2 Å². The van der Waals surface area contributed by atoms with Crippen molar-refractivity contribution >= 4 is 5.91 Å². The van der Waals surface area contributed by atoms with Crippen LogP contribution >= 0.6 is 0 Å². The lowest BCUT2D eigenvalue weighted by Crippen LogP contribution is -2.35. The highest BCUT2D eigenvalue weighted by Crippen LogP contribution is 2.51. The van der Waals surface area contributed by atoms with Gasteiger partial charge in [-0.25, -0.2) is 0 Å². The molecule has 0 bridgehead atoms. The van der Waals surface area contributed by atoms with Crippen LogP contribution in [0.2, 0.25) is 0 Å². The number of rotatable bonds is 6. The van der Waals surface area contributed by atoms with E-state index in [2.05, 4.69) is 28.4 Å². The Morgan fingerprint density at radius 2 is 1.63 bits per heavy atom. The van der Waals surface area contributed by atoms with Crippen LogP contribution in [0.3, 0.4) is 0 Å². The Balaban J connectivity index is 0.939. The van der Waals surface area contributed by atoms with Gasteiger partial charge in [0.25, 0.3) is 0 Å². The van der Waals surface area contributed by atoms with Crippen LogP contribution in [0.4, 0.5) is 0 Å². The van der Waals surface area contributed by atoms with E-state index in [1.807, 2.05) is 48.5 Å². The van der Waals surface area contributed by atoms with E-state index in [9.17, 15) is 4.79 Å².